The molecule has 1 aromatic heterocycles. The number of para-hydroxylation sites is 1. The van der Waals surface area contributed by atoms with E-state index in [-0.39, 0.29) is 5.63 Å². The fourth-order valence-electron chi connectivity index (χ4n) is 3.43. The largest absolute Gasteiger partial charge is 0.422 e. The highest BCUT2D eigenvalue weighted by Gasteiger charge is 2.21. The molecule has 3 aromatic rings. The third-order valence-electron chi connectivity index (χ3n) is 4.72. The van der Waals surface area contributed by atoms with E-state index in [0.717, 1.165) is 42.7 Å². The molecule has 2 heterocycles. The van der Waals surface area contributed by atoms with Crippen LogP contribution in [0, 0.1) is 0 Å². The number of rotatable bonds is 3. The van der Waals surface area contributed by atoms with E-state index in [1.54, 1.807) is 12.1 Å². The molecule has 1 N–H and O–H groups in total. The van der Waals surface area contributed by atoms with Gasteiger partial charge in [0, 0.05) is 49.2 Å². The Labute approximate surface area is 161 Å². The van der Waals surface area contributed by atoms with Crippen molar-refractivity contribution in [2.75, 3.05) is 26.2 Å². The Kier molecular flexibility index (Phi) is 5.00. The summed E-state index contributed by atoms with van der Waals surface area (Å²) in [5.74, 6) is 0. The Balaban J connectivity index is 1.96. The van der Waals surface area contributed by atoms with Crippen LogP contribution < -0.4 is 10.9 Å². The molecule has 1 aliphatic rings. The molecule has 0 unspecified atom stereocenters. The van der Waals surface area contributed by atoms with Gasteiger partial charge in [-0.1, -0.05) is 53.5 Å². The molecule has 0 atom stereocenters. The molecule has 4 nitrogen and oxygen atoms in total. The van der Waals surface area contributed by atoms with Crippen LogP contribution in [0.15, 0.2) is 51.7 Å². The first-order valence-electron chi connectivity index (χ1n) is 8.57. The molecule has 0 amide bonds. The van der Waals surface area contributed by atoms with Crippen molar-refractivity contribution in [3.05, 3.63) is 68.5 Å². The third-order valence-corrected chi connectivity index (χ3v) is 5.54. The smallest absolute Gasteiger partial charge is 0.341 e. The number of piperazine rings is 1. The second-order valence-corrected chi connectivity index (χ2v) is 7.15. The predicted octanol–water partition coefficient (Wildman–Crippen LogP) is 4.17. The van der Waals surface area contributed by atoms with Gasteiger partial charge in [0.1, 0.15) is 5.58 Å². The van der Waals surface area contributed by atoms with Gasteiger partial charge in [-0.25, -0.2) is 4.79 Å². The Hall–Kier alpha value is -1.85. The molecule has 4 rings (SSSR count). The summed E-state index contributed by atoms with van der Waals surface area (Å²) < 4.78 is 5.59. The molecule has 0 bridgehead atoms. The van der Waals surface area contributed by atoms with Gasteiger partial charge in [-0.05, 0) is 12.1 Å². The number of hydrogen-bond donors (Lipinski definition) is 1. The summed E-state index contributed by atoms with van der Waals surface area (Å²) in [6.07, 6.45) is 0. The van der Waals surface area contributed by atoms with Gasteiger partial charge in [-0.2, -0.15) is 0 Å². The number of hydrogen-bond acceptors (Lipinski definition) is 4. The van der Waals surface area contributed by atoms with Crippen LogP contribution in [-0.4, -0.2) is 31.1 Å². The van der Waals surface area contributed by atoms with E-state index in [2.05, 4.69) is 10.2 Å². The number of benzene rings is 2. The minimum atomic E-state index is -0.326. The lowest BCUT2D eigenvalue weighted by Gasteiger charge is -2.27. The van der Waals surface area contributed by atoms with Gasteiger partial charge < -0.3 is 9.73 Å². The number of nitrogens with one attached hydrogen (secondary N) is 1. The van der Waals surface area contributed by atoms with Crippen LogP contribution in [0.4, 0.5) is 0 Å². The molecule has 0 saturated carbocycles. The Morgan fingerprint density at radius 2 is 1.81 bits per heavy atom. The lowest BCUT2D eigenvalue weighted by Crippen LogP contribution is -2.43. The maximum absolute atomic E-state index is 12.8. The highest BCUT2D eigenvalue weighted by atomic mass is 35.5. The van der Waals surface area contributed by atoms with Crippen LogP contribution >= 0.6 is 23.2 Å². The average Bonchev–Trinajstić information content (AvgIpc) is 2.66. The summed E-state index contributed by atoms with van der Waals surface area (Å²) in [7, 11) is 0. The molecule has 1 saturated heterocycles. The molecular formula is C20H18Cl2N2O2. The van der Waals surface area contributed by atoms with Gasteiger partial charge >= 0.3 is 5.63 Å². The highest BCUT2D eigenvalue weighted by molar-refractivity contribution is 6.44. The summed E-state index contributed by atoms with van der Waals surface area (Å²) in [4.78, 5) is 15.1. The van der Waals surface area contributed by atoms with Crippen LogP contribution in [0.2, 0.25) is 10.0 Å². The highest BCUT2D eigenvalue weighted by Crippen LogP contribution is 2.38. The minimum Gasteiger partial charge on any atom is -0.422 e. The molecule has 0 radical (unpaired) electrons. The van der Waals surface area contributed by atoms with Crippen molar-refractivity contribution in [2.24, 2.45) is 0 Å². The lowest BCUT2D eigenvalue weighted by atomic mass is 9.96. The van der Waals surface area contributed by atoms with E-state index in [1.165, 1.54) is 0 Å². The van der Waals surface area contributed by atoms with Crippen LogP contribution in [0.5, 0.6) is 0 Å². The second kappa shape index (κ2) is 7.41. The Morgan fingerprint density at radius 3 is 2.62 bits per heavy atom. The fourth-order valence-corrected chi connectivity index (χ4v) is 3.82. The first kappa shape index (κ1) is 17.6. The number of halogens is 2. The van der Waals surface area contributed by atoms with Crippen molar-refractivity contribution < 1.29 is 4.42 Å². The van der Waals surface area contributed by atoms with Crippen molar-refractivity contribution in [1.82, 2.24) is 10.2 Å². The first-order valence-corrected chi connectivity index (χ1v) is 9.33. The first-order chi connectivity index (χ1) is 12.6. The third kappa shape index (κ3) is 3.26. The SMILES string of the molecule is O=c1oc2ccccc2c(-c2cccc(Cl)c2Cl)c1CN1CCNCC1. The zero-order valence-corrected chi connectivity index (χ0v) is 15.6. The molecule has 2 aromatic carbocycles. The van der Waals surface area contributed by atoms with E-state index in [1.807, 2.05) is 30.3 Å². The zero-order valence-electron chi connectivity index (χ0n) is 14.1. The van der Waals surface area contributed by atoms with E-state index in [0.29, 0.717) is 27.7 Å². The average molecular weight is 389 g/mol. The maximum Gasteiger partial charge on any atom is 0.341 e. The maximum atomic E-state index is 12.8. The summed E-state index contributed by atoms with van der Waals surface area (Å²) in [5, 5.41) is 5.11. The predicted molar refractivity (Wildman–Crippen MR) is 106 cm³/mol. The van der Waals surface area contributed by atoms with Gasteiger partial charge in [0.05, 0.1) is 15.6 Å². The molecule has 134 valence electrons. The molecular weight excluding hydrogens is 371 g/mol. The van der Waals surface area contributed by atoms with Gasteiger partial charge in [0.2, 0.25) is 0 Å². The van der Waals surface area contributed by atoms with Crippen molar-refractivity contribution >= 4 is 34.2 Å². The molecule has 6 heteroatoms. The minimum absolute atomic E-state index is 0.326. The summed E-state index contributed by atoms with van der Waals surface area (Å²) >= 11 is 12.8. The Bertz CT molecular complexity index is 1010. The van der Waals surface area contributed by atoms with Gasteiger partial charge in [-0.3, -0.25) is 4.90 Å². The second-order valence-electron chi connectivity index (χ2n) is 6.37. The lowest BCUT2D eigenvalue weighted by molar-refractivity contribution is 0.231. The summed E-state index contributed by atoms with van der Waals surface area (Å²) in [5.41, 5.74) is 2.41. The van der Waals surface area contributed by atoms with Crippen molar-refractivity contribution in [3.8, 4) is 11.1 Å². The molecule has 1 aliphatic heterocycles. The monoisotopic (exact) mass is 388 g/mol. The van der Waals surface area contributed by atoms with Crippen LogP contribution in [0.3, 0.4) is 0 Å². The van der Waals surface area contributed by atoms with Crippen molar-refractivity contribution in [2.45, 2.75) is 6.54 Å². The van der Waals surface area contributed by atoms with Crippen LogP contribution in [0.25, 0.3) is 22.1 Å². The number of fused-ring (bicyclic) bond motifs is 1. The van der Waals surface area contributed by atoms with E-state index < -0.39 is 0 Å². The standard InChI is InChI=1S/C20H18Cl2N2O2/c21-16-6-3-5-14(19(16)22)18-13-4-1-2-7-17(13)26-20(25)15(18)12-24-10-8-23-9-11-24/h1-7,23H,8-12H2. The van der Waals surface area contributed by atoms with Crippen LogP contribution in [-0.2, 0) is 6.54 Å². The molecule has 1 fully saturated rings. The van der Waals surface area contributed by atoms with Crippen molar-refractivity contribution in [1.29, 1.82) is 0 Å². The van der Waals surface area contributed by atoms with Gasteiger partial charge in [-0.15, -0.1) is 0 Å². The van der Waals surface area contributed by atoms with Crippen molar-refractivity contribution in [3.63, 3.8) is 0 Å². The normalized spacial score (nSPS) is 15.5. The topological polar surface area (TPSA) is 45.5 Å². The quantitative estimate of drug-likeness (QED) is 0.683. The number of nitrogens with zero attached hydrogens (tertiary/aromatic N) is 1. The van der Waals surface area contributed by atoms with E-state index in [4.69, 9.17) is 27.6 Å². The van der Waals surface area contributed by atoms with E-state index >= 15 is 0 Å². The van der Waals surface area contributed by atoms with Gasteiger partial charge in [0.25, 0.3) is 0 Å². The molecule has 0 spiro atoms. The zero-order chi connectivity index (χ0) is 18.1. The fraction of sp³-hybridized carbons (Fsp3) is 0.250. The van der Waals surface area contributed by atoms with Gasteiger partial charge in [0.15, 0.2) is 0 Å². The summed E-state index contributed by atoms with van der Waals surface area (Å²) in [6.45, 7) is 4.11. The molecule has 0 aliphatic carbocycles. The molecule has 26 heavy (non-hydrogen) atoms. The Morgan fingerprint density at radius 1 is 1.04 bits per heavy atom. The van der Waals surface area contributed by atoms with Crippen LogP contribution in [0.1, 0.15) is 5.56 Å². The summed E-state index contributed by atoms with van der Waals surface area (Å²) in [6, 6.07) is 13.0. The van der Waals surface area contributed by atoms with E-state index in [9.17, 15) is 4.79 Å².